The fourth-order valence-corrected chi connectivity index (χ4v) is 4.15. The van der Waals surface area contributed by atoms with Crippen molar-refractivity contribution in [2.24, 2.45) is 0 Å². The molecule has 0 radical (unpaired) electrons. The minimum atomic E-state index is -0.438. The van der Waals surface area contributed by atoms with Crippen molar-refractivity contribution in [2.75, 3.05) is 7.11 Å². The number of nitrogens with one attached hydrogen (secondary N) is 2. The van der Waals surface area contributed by atoms with Crippen LogP contribution in [-0.4, -0.2) is 33.1 Å². The van der Waals surface area contributed by atoms with E-state index in [9.17, 15) is 14.4 Å². The highest BCUT2D eigenvalue weighted by Crippen LogP contribution is 2.20. The average Bonchev–Trinajstić information content (AvgIpc) is 3.14. The van der Waals surface area contributed by atoms with Crippen LogP contribution in [-0.2, 0) is 24.4 Å². The second kappa shape index (κ2) is 10.5. The number of hydrogen-bond acceptors (Lipinski definition) is 5. The van der Waals surface area contributed by atoms with Crippen molar-refractivity contribution in [3.63, 3.8) is 0 Å². The Morgan fingerprint density at radius 1 is 0.972 bits per heavy atom. The first kappa shape index (κ1) is 24.7. The first-order valence-corrected chi connectivity index (χ1v) is 11.6. The maximum Gasteiger partial charge on any atom is 0.291 e. The van der Waals surface area contributed by atoms with Gasteiger partial charge in [0.1, 0.15) is 24.1 Å². The second-order valence-electron chi connectivity index (χ2n) is 8.69. The standard InChI is InChI=1S/C27H29N5O4/c1-17-8-10-20(11-9-17)13-29-26(34)24-18(2)25-27(35)32(30-16-31(25)19(24)3)15-23(33)28-14-21-6-5-7-22(12-21)36-4/h5-12,16H,13-15H2,1-4H3,(H,28,33)(H,29,34). The van der Waals surface area contributed by atoms with Gasteiger partial charge in [-0.05, 0) is 49.6 Å². The van der Waals surface area contributed by atoms with Crippen LogP contribution >= 0.6 is 0 Å². The van der Waals surface area contributed by atoms with Gasteiger partial charge < -0.3 is 15.4 Å². The molecule has 0 aliphatic carbocycles. The number of amides is 2. The van der Waals surface area contributed by atoms with E-state index in [4.69, 9.17) is 4.74 Å². The molecule has 36 heavy (non-hydrogen) atoms. The Morgan fingerprint density at radius 3 is 2.42 bits per heavy atom. The lowest BCUT2D eigenvalue weighted by atomic mass is 10.1. The molecule has 2 aromatic heterocycles. The third-order valence-corrected chi connectivity index (χ3v) is 6.16. The van der Waals surface area contributed by atoms with Crippen molar-refractivity contribution in [1.29, 1.82) is 0 Å². The van der Waals surface area contributed by atoms with Crippen LogP contribution in [0.4, 0.5) is 0 Å². The molecule has 0 atom stereocenters. The van der Waals surface area contributed by atoms with Crippen molar-refractivity contribution in [1.82, 2.24) is 24.8 Å². The van der Waals surface area contributed by atoms with Gasteiger partial charge in [0.15, 0.2) is 0 Å². The third-order valence-electron chi connectivity index (χ3n) is 6.16. The lowest BCUT2D eigenvalue weighted by Gasteiger charge is -2.08. The molecule has 0 aliphatic heterocycles. The van der Waals surface area contributed by atoms with Gasteiger partial charge >= 0.3 is 0 Å². The van der Waals surface area contributed by atoms with Gasteiger partial charge in [-0.15, -0.1) is 0 Å². The molecule has 0 spiro atoms. The fourth-order valence-electron chi connectivity index (χ4n) is 4.15. The summed E-state index contributed by atoms with van der Waals surface area (Å²) in [6.45, 7) is 5.94. The maximum atomic E-state index is 13.2. The number of nitrogens with zero attached hydrogens (tertiary/aromatic N) is 3. The number of hydrogen-bond donors (Lipinski definition) is 2. The number of carbonyl (C=O) groups is 2. The molecule has 2 aromatic carbocycles. The molecule has 0 saturated heterocycles. The highest BCUT2D eigenvalue weighted by molar-refractivity contribution is 5.99. The topological polar surface area (TPSA) is 107 Å². The second-order valence-corrected chi connectivity index (χ2v) is 8.69. The molecule has 4 aromatic rings. The van der Waals surface area contributed by atoms with Crippen molar-refractivity contribution < 1.29 is 14.3 Å². The van der Waals surface area contributed by atoms with Gasteiger partial charge in [0.05, 0.1) is 12.7 Å². The quantitative estimate of drug-likeness (QED) is 0.397. The van der Waals surface area contributed by atoms with Crippen LogP contribution in [0.5, 0.6) is 5.75 Å². The number of benzene rings is 2. The molecule has 4 rings (SSSR count). The van der Waals surface area contributed by atoms with Crippen LogP contribution < -0.4 is 20.9 Å². The summed E-state index contributed by atoms with van der Waals surface area (Å²) in [5.74, 6) is 0.0768. The van der Waals surface area contributed by atoms with E-state index in [1.54, 1.807) is 25.4 Å². The van der Waals surface area contributed by atoms with Crippen LogP contribution in [0.1, 0.15) is 38.3 Å². The number of aromatic nitrogens is 3. The minimum Gasteiger partial charge on any atom is -0.497 e. The third kappa shape index (κ3) is 5.14. The van der Waals surface area contributed by atoms with Crippen molar-refractivity contribution in [3.05, 3.63) is 98.7 Å². The summed E-state index contributed by atoms with van der Waals surface area (Å²) < 4.78 is 7.90. The van der Waals surface area contributed by atoms with E-state index < -0.39 is 5.56 Å². The highest BCUT2D eigenvalue weighted by atomic mass is 16.5. The summed E-state index contributed by atoms with van der Waals surface area (Å²) in [7, 11) is 1.58. The predicted octanol–water partition coefficient (Wildman–Crippen LogP) is 2.68. The maximum absolute atomic E-state index is 13.2. The Bertz CT molecular complexity index is 1480. The van der Waals surface area contributed by atoms with Crippen molar-refractivity contribution >= 4 is 17.3 Å². The van der Waals surface area contributed by atoms with Gasteiger partial charge in [0.25, 0.3) is 11.5 Å². The number of aryl methyl sites for hydroxylation is 3. The van der Waals surface area contributed by atoms with Crippen LogP contribution in [0.25, 0.3) is 5.52 Å². The molecular formula is C27H29N5O4. The smallest absolute Gasteiger partial charge is 0.291 e. The molecule has 2 N–H and O–H groups in total. The minimum absolute atomic E-state index is 0.238. The fraction of sp³-hybridized carbons (Fsp3) is 0.259. The Hall–Kier alpha value is -4.40. The molecule has 9 nitrogen and oxygen atoms in total. The van der Waals surface area contributed by atoms with E-state index in [0.29, 0.717) is 41.2 Å². The SMILES string of the molecule is COc1cccc(CNC(=O)Cn2ncn3c(C)c(C(=O)NCc4ccc(C)cc4)c(C)c3c2=O)c1. The number of carbonyl (C=O) groups excluding carboxylic acids is 2. The van der Waals surface area contributed by atoms with E-state index in [-0.39, 0.29) is 18.4 Å². The van der Waals surface area contributed by atoms with Gasteiger partial charge in [0, 0.05) is 18.8 Å². The lowest BCUT2D eigenvalue weighted by molar-refractivity contribution is -0.122. The zero-order chi connectivity index (χ0) is 25.8. The number of ether oxygens (including phenoxy) is 1. The zero-order valence-corrected chi connectivity index (χ0v) is 20.8. The summed E-state index contributed by atoms with van der Waals surface area (Å²) >= 11 is 0. The summed E-state index contributed by atoms with van der Waals surface area (Å²) in [6, 6.07) is 15.3. The van der Waals surface area contributed by atoms with Crippen LogP contribution in [0.2, 0.25) is 0 Å². The Kier molecular flexibility index (Phi) is 7.19. The van der Waals surface area contributed by atoms with Gasteiger partial charge in [0.2, 0.25) is 5.91 Å². The predicted molar refractivity (Wildman–Crippen MR) is 136 cm³/mol. The molecule has 0 aliphatic rings. The molecule has 0 unspecified atom stereocenters. The van der Waals surface area contributed by atoms with Gasteiger partial charge in [-0.3, -0.25) is 18.8 Å². The lowest BCUT2D eigenvalue weighted by Crippen LogP contribution is -2.34. The molecule has 0 fully saturated rings. The van der Waals surface area contributed by atoms with Gasteiger partial charge in [-0.2, -0.15) is 5.10 Å². The first-order valence-electron chi connectivity index (χ1n) is 11.6. The molecule has 0 saturated carbocycles. The monoisotopic (exact) mass is 487 g/mol. The van der Waals surface area contributed by atoms with Crippen molar-refractivity contribution in [2.45, 2.75) is 40.4 Å². The van der Waals surface area contributed by atoms with E-state index in [0.717, 1.165) is 21.4 Å². The molecule has 0 bridgehead atoms. The summed E-state index contributed by atoms with van der Waals surface area (Å²) in [4.78, 5) is 38.7. The molecule has 2 amide bonds. The zero-order valence-electron chi connectivity index (χ0n) is 20.8. The van der Waals surface area contributed by atoms with Crippen LogP contribution in [0, 0.1) is 20.8 Å². The van der Waals surface area contributed by atoms with Crippen LogP contribution in [0.15, 0.2) is 59.7 Å². The average molecular weight is 488 g/mol. The van der Waals surface area contributed by atoms with Crippen molar-refractivity contribution in [3.8, 4) is 5.75 Å². The number of rotatable bonds is 8. The number of fused-ring (bicyclic) bond motifs is 1. The van der Waals surface area contributed by atoms with Gasteiger partial charge in [-0.25, -0.2) is 4.68 Å². The van der Waals surface area contributed by atoms with E-state index in [2.05, 4.69) is 15.7 Å². The Labute approximate surface area is 208 Å². The van der Waals surface area contributed by atoms with E-state index in [1.807, 2.05) is 55.5 Å². The molecule has 186 valence electrons. The highest BCUT2D eigenvalue weighted by Gasteiger charge is 2.22. The Morgan fingerprint density at radius 2 is 1.69 bits per heavy atom. The largest absolute Gasteiger partial charge is 0.497 e. The van der Waals surface area contributed by atoms with Gasteiger partial charge in [-0.1, -0.05) is 42.0 Å². The molecule has 2 heterocycles. The molecular weight excluding hydrogens is 458 g/mol. The number of methoxy groups -OCH3 is 1. The Balaban J connectivity index is 1.50. The summed E-state index contributed by atoms with van der Waals surface area (Å²) in [5, 5.41) is 9.88. The summed E-state index contributed by atoms with van der Waals surface area (Å²) in [6.07, 6.45) is 1.46. The summed E-state index contributed by atoms with van der Waals surface area (Å²) in [5.41, 5.74) is 4.48. The normalized spacial score (nSPS) is 10.9. The van der Waals surface area contributed by atoms with E-state index in [1.165, 1.54) is 6.33 Å². The van der Waals surface area contributed by atoms with E-state index >= 15 is 0 Å². The van der Waals surface area contributed by atoms with Crippen LogP contribution in [0.3, 0.4) is 0 Å². The molecule has 9 heteroatoms. The first-order chi connectivity index (χ1) is 17.3.